The third kappa shape index (κ3) is 23.7. The second-order valence-electron chi connectivity index (χ2n) is 26.7. The van der Waals surface area contributed by atoms with Crippen LogP contribution in [-0.2, 0) is 54.4 Å². The zero-order valence-electron chi connectivity index (χ0n) is 62.1. The van der Waals surface area contributed by atoms with Crippen molar-refractivity contribution >= 4 is 136 Å². The van der Waals surface area contributed by atoms with E-state index in [0.717, 1.165) is 35.7 Å². The maximum Gasteiger partial charge on any atom is 0.339 e. The molecule has 14 heteroatoms. The van der Waals surface area contributed by atoms with E-state index in [2.05, 4.69) is 384 Å². The van der Waals surface area contributed by atoms with Crippen molar-refractivity contribution in [2.75, 3.05) is 17.6 Å². The van der Waals surface area contributed by atoms with Crippen LogP contribution >= 0.6 is 43.0 Å². The topological polar surface area (TPSA) is 83.9 Å². The van der Waals surface area contributed by atoms with Crippen LogP contribution in [0.25, 0.3) is 0 Å². The summed E-state index contributed by atoms with van der Waals surface area (Å²) in [4.78, 5) is 13.4. The van der Waals surface area contributed by atoms with Gasteiger partial charge in [-0.2, -0.15) is 0 Å². The summed E-state index contributed by atoms with van der Waals surface area (Å²) in [5, 5.41) is 27.1. The molecular formula is C95H93NO5P4PdS2Si. The Kier molecular flexibility index (Phi) is 32.7. The number of aryl methyl sites for hydroxylation is 2. The monoisotopic (exact) mass is 1650 g/mol. The molecule has 15 rings (SSSR count). The SMILES string of the molecule is CCc1ccccc1S(=O)(=O)N(COCC[Si](C)(C)C)c1sc2c(c1C(=O)O)CCCC2.[Pd].c1ccc(P(c2ccccc2)c2ccccc2)cc1.c1ccc(P(c2ccccc2)c2ccccc2)cc1.c1ccc(P(c2ccccc2)c2ccccc2)cc1.c1ccc(P(c2ccccc2)c2ccccc2)cc1. The molecule has 1 N–H and O–H groups in total. The molecule has 0 amide bonds. The van der Waals surface area contributed by atoms with E-state index >= 15 is 0 Å². The molecule has 554 valence electrons. The van der Waals surface area contributed by atoms with E-state index in [4.69, 9.17) is 4.74 Å². The normalized spacial score (nSPS) is 11.6. The fraction of sp³-hybridized carbons (Fsp3) is 0.126. The zero-order valence-corrected chi connectivity index (χ0v) is 69.8. The molecule has 0 bridgehead atoms. The molecule has 6 nitrogen and oxygen atoms in total. The first-order valence-corrected chi connectivity index (χ1v) is 48.1. The Hall–Kier alpha value is -8.66. The second kappa shape index (κ2) is 43.1. The second-order valence-corrected chi connectivity index (χ2v) is 44.1. The van der Waals surface area contributed by atoms with Gasteiger partial charge in [-0.3, -0.25) is 0 Å². The van der Waals surface area contributed by atoms with Gasteiger partial charge in [0.2, 0.25) is 0 Å². The molecule has 1 aromatic heterocycles. The molecule has 13 aromatic carbocycles. The average Bonchev–Trinajstić information content (AvgIpc) is 1.63. The number of anilines is 1. The summed E-state index contributed by atoms with van der Waals surface area (Å²) in [5.41, 5.74) is 1.61. The van der Waals surface area contributed by atoms with Crippen LogP contribution in [0.1, 0.15) is 46.1 Å². The summed E-state index contributed by atoms with van der Waals surface area (Å²) >= 11 is 1.29. The summed E-state index contributed by atoms with van der Waals surface area (Å²) in [5.74, 6) is -1.08. The van der Waals surface area contributed by atoms with E-state index in [1.54, 1.807) is 18.2 Å². The predicted molar refractivity (Wildman–Crippen MR) is 473 cm³/mol. The van der Waals surface area contributed by atoms with Gasteiger partial charge in [-0.05, 0) is 151 Å². The number of sulfonamides is 1. The number of nitrogens with zero attached hydrogens (tertiary/aromatic N) is 1. The van der Waals surface area contributed by atoms with Gasteiger partial charge >= 0.3 is 5.97 Å². The Balaban J connectivity index is 0.000000147. The van der Waals surface area contributed by atoms with Crippen molar-refractivity contribution in [1.29, 1.82) is 0 Å². The van der Waals surface area contributed by atoms with Gasteiger partial charge in [-0.1, -0.05) is 409 Å². The molecule has 1 aliphatic rings. The first-order chi connectivity index (χ1) is 52.9. The zero-order chi connectivity index (χ0) is 75.2. The van der Waals surface area contributed by atoms with Gasteiger partial charge in [0, 0.05) is 40.0 Å². The van der Waals surface area contributed by atoms with Gasteiger partial charge in [-0.25, -0.2) is 17.5 Å². The number of rotatable bonds is 22. The van der Waals surface area contributed by atoms with Crippen LogP contribution < -0.4 is 68.0 Å². The first-order valence-electron chi connectivity index (χ1n) is 36.7. The number of aromatic carboxylic acids is 1. The van der Waals surface area contributed by atoms with Crippen LogP contribution in [0.15, 0.2) is 393 Å². The minimum absolute atomic E-state index is 0. The van der Waals surface area contributed by atoms with Crippen molar-refractivity contribution in [3.8, 4) is 0 Å². The van der Waals surface area contributed by atoms with Gasteiger partial charge in [0.25, 0.3) is 10.0 Å². The van der Waals surface area contributed by atoms with E-state index in [9.17, 15) is 18.3 Å². The third-order valence-corrected chi connectivity index (χ3v) is 32.6. The van der Waals surface area contributed by atoms with Gasteiger partial charge < -0.3 is 9.84 Å². The largest absolute Gasteiger partial charge is 0.478 e. The number of thiophene rings is 1. The van der Waals surface area contributed by atoms with E-state index in [1.165, 1.54) is 79.3 Å². The van der Waals surface area contributed by atoms with Crippen LogP contribution in [0.2, 0.25) is 25.7 Å². The van der Waals surface area contributed by atoms with E-state index in [1.807, 2.05) is 13.0 Å². The number of ether oxygens (including phenoxy) is 1. The van der Waals surface area contributed by atoms with Crippen molar-refractivity contribution in [3.63, 3.8) is 0 Å². The molecule has 0 fully saturated rings. The van der Waals surface area contributed by atoms with Crippen molar-refractivity contribution in [2.24, 2.45) is 0 Å². The standard InChI is InChI=1S/C23H33NO5S2Si.4C18H15P.Pd/c1-5-17-10-6-9-13-20(17)31(27,28)24(16-29-14-15-32(2,3)4)22-21(23(25)26)18-11-7-8-12-19(18)30-22;4*1-4-10-16(11-5-1)19(17-12-6-2-7-13-17)18-14-8-3-9-15-18;/h6,9-10,13H,5,7-8,11-12,14-16H2,1-4H3,(H,25,26);4*1-15H;. The molecule has 0 aliphatic heterocycles. The van der Waals surface area contributed by atoms with Crippen LogP contribution in [-0.4, -0.2) is 40.9 Å². The van der Waals surface area contributed by atoms with Crippen LogP contribution in [0.3, 0.4) is 0 Å². The summed E-state index contributed by atoms with van der Waals surface area (Å²) in [6, 6.07) is 137. The Morgan fingerprint density at radius 1 is 0.385 bits per heavy atom. The van der Waals surface area contributed by atoms with Gasteiger partial charge in [0.15, 0.2) is 0 Å². The minimum atomic E-state index is -4.00. The van der Waals surface area contributed by atoms with Crippen LogP contribution in [0.4, 0.5) is 5.00 Å². The average molecular weight is 1650 g/mol. The van der Waals surface area contributed by atoms with Gasteiger partial charge in [-0.15, -0.1) is 11.3 Å². The van der Waals surface area contributed by atoms with Crippen LogP contribution in [0.5, 0.6) is 0 Å². The molecule has 0 saturated carbocycles. The molecule has 0 unspecified atom stereocenters. The van der Waals surface area contributed by atoms with Crippen molar-refractivity contribution in [3.05, 3.63) is 410 Å². The predicted octanol–water partition coefficient (Wildman–Crippen LogP) is 19.2. The van der Waals surface area contributed by atoms with Crippen molar-refractivity contribution in [1.82, 2.24) is 0 Å². The molecule has 0 saturated heterocycles. The number of benzene rings is 13. The smallest absolute Gasteiger partial charge is 0.339 e. The minimum Gasteiger partial charge on any atom is -0.478 e. The molecule has 0 radical (unpaired) electrons. The Labute approximate surface area is 670 Å². The number of carbonyl (C=O) groups is 1. The van der Waals surface area contributed by atoms with Crippen molar-refractivity contribution < 1.29 is 43.5 Å². The van der Waals surface area contributed by atoms with E-state index < -0.39 is 55.8 Å². The van der Waals surface area contributed by atoms with Gasteiger partial charge in [0.1, 0.15) is 11.7 Å². The Morgan fingerprint density at radius 2 is 0.624 bits per heavy atom. The van der Waals surface area contributed by atoms with Crippen LogP contribution in [0, 0.1) is 0 Å². The summed E-state index contributed by atoms with van der Waals surface area (Å²) < 4.78 is 34.8. The summed E-state index contributed by atoms with van der Waals surface area (Å²) in [7, 11) is -7.14. The number of hydrogen-bond donors (Lipinski definition) is 1. The number of carboxylic acids is 1. The van der Waals surface area contributed by atoms with Gasteiger partial charge in [0.05, 0.1) is 10.5 Å². The fourth-order valence-corrected chi connectivity index (χ4v) is 25.8. The molecule has 0 atom stereocenters. The molecule has 109 heavy (non-hydrogen) atoms. The number of hydrogen-bond acceptors (Lipinski definition) is 5. The fourth-order valence-electron chi connectivity index (χ4n) is 12.6. The number of carboxylic acid groups (broad SMARTS) is 1. The number of fused-ring (bicyclic) bond motifs is 1. The summed E-state index contributed by atoms with van der Waals surface area (Å²) in [6.07, 6.45) is 3.93. The molecular weight excluding hydrogens is 1560 g/mol. The molecule has 0 spiro atoms. The van der Waals surface area contributed by atoms with E-state index in [0.29, 0.717) is 25.0 Å². The third-order valence-electron chi connectivity index (χ3n) is 17.9. The molecule has 1 heterocycles. The summed E-state index contributed by atoms with van der Waals surface area (Å²) in [6.45, 7) is 8.87. The molecule has 14 aromatic rings. The maximum atomic E-state index is 13.9. The van der Waals surface area contributed by atoms with Crippen molar-refractivity contribution in [2.45, 2.75) is 69.6 Å². The van der Waals surface area contributed by atoms with E-state index in [-0.39, 0.29) is 42.6 Å². The first kappa shape index (κ1) is 82.8. The maximum absolute atomic E-state index is 13.9. The quantitative estimate of drug-likeness (QED) is 0.0316. The Morgan fingerprint density at radius 3 is 0.862 bits per heavy atom. The molecule has 1 aliphatic carbocycles. The Bertz CT molecular complexity index is 4210.